The first-order valence-corrected chi connectivity index (χ1v) is 6.43. The van der Waals surface area contributed by atoms with E-state index in [1.54, 1.807) is 37.3 Å². The zero-order valence-corrected chi connectivity index (χ0v) is 11.7. The van der Waals surface area contributed by atoms with E-state index in [9.17, 15) is 9.18 Å². The van der Waals surface area contributed by atoms with Crippen LogP contribution in [0, 0.1) is 12.7 Å². The van der Waals surface area contributed by atoms with Gasteiger partial charge in [0.1, 0.15) is 5.82 Å². The van der Waals surface area contributed by atoms with Crippen molar-refractivity contribution < 1.29 is 9.18 Å². The highest BCUT2D eigenvalue weighted by atomic mass is 35.5. The third kappa shape index (κ3) is 3.27. The molecule has 0 spiro atoms. The van der Waals surface area contributed by atoms with Crippen LogP contribution in [0.2, 0.25) is 5.02 Å². The Morgan fingerprint density at radius 2 is 2.05 bits per heavy atom. The van der Waals surface area contributed by atoms with Crippen LogP contribution in [0.1, 0.15) is 21.5 Å². The van der Waals surface area contributed by atoms with Gasteiger partial charge in [0.05, 0.1) is 10.7 Å². The summed E-state index contributed by atoms with van der Waals surface area (Å²) in [6.07, 6.45) is 0. The zero-order chi connectivity index (χ0) is 14.7. The lowest BCUT2D eigenvalue weighted by Gasteiger charge is -2.10. The number of nitrogens with two attached hydrogens (primary N) is 1. The van der Waals surface area contributed by atoms with E-state index in [0.29, 0.717) is 28.4 Å². The highest BCUT2D eigenvalue weighted by molar-refractivity contribution is 6.33. The third-order valence-electron chi connectivity index (χ3n) is 2.96. The minimum Gasteiger partial charge on any atom is -0.380 e. The normalized spacial score (nSPS) is 10.3. The molecule has 0 aliphatic rings. The van der Waals surface area contributed by atoms with Gasteiger partial charge in [-0.25, -0.2) is 4.39 Å². The first kappa shape index (κ1) is 14.3. The standard InChI is InChI=1S/C15H14ClFN2O/c1-9-6-10(2-5-13(9)17)8-19-14-7-11(15(18)20)3-4-12(14)16/h2-7,19H,8H2,1H3,(H2,18,20). The fourth-order valence-electron chi connectivity index (χ4n) is 1.83. The molecule has 3 N–H and O–H groups in total. The van der Waals surface area contributed by atoms with Crippen molar-refractivity contribution in [3.63, 3.8) is 0 Å². The van der Waals surface area contributed by atoms with Crippen molar-refractivity contribution in [1.82, 2.24) is 0 Å². The minimum absolute atomic E-state index is 0.234. The number of carbonyl (C=O) groups excluding carboxylic acids is 1. The van der Waals surface area contributed by atoms with Crippen molar-refractivity contribution in [2.24, 2.45) is 5.73 Å². The number of primary amides is 1. The summed E-state index contributed by atoms with van der Waals surface area (Å²) in [5.74, 6) is -0.746. The molecule has 2 rings (SSSR count). The van der Waals surface area contributed by atoms with Crippen LogP contribution in [0.3, 0.4) is 0 Å². The molecule has 0 saturated heterocycles. The number of halogens is 2. The van der Waals surface area contributed by atoms with Gasteiger partial charge in [0.2, 0.25) is 5.91 Å². The third-order valence-corrected chi connectivity index (χ3v) is 3.29. The molecule has 20 heavy (non-hydrogen) atoms. The maximum atomic E-state index is 13.2. The van der Waals surface area contributed by atoms with Crippen molar-refractivity contribution in [2.45, 2.75) is 13.5 Å². The predicted molar refractivity (Wildman–Crippen MR) is 78.4 cm³/mol. The van der Waals surface area contributed by atoms with Crippen LogP contribution in [0.15, 0.2) is 36.4 Å². The molecule has 3 nitrogen and oxygen atoms in total. The van der Waals surface area contributed by atoms with E-state index < -0.39 is 5.91 Å². The lowest BCUT2D eigenvalue weighted by atomic mass is 10.1. The van der Waals surface area contributed by atoms with Gasteiger partial charge in [-0.05, 0) is 42.3 Å². The van der Waals surface area contributed by atoms with E-state index >= 15 is 0 Å². The van der Waals surface area contributed by atoms with Crippen LogP contribution < -0.4 is 11.1 Å². The number of hydrogen-bond acceptors (Lipinski definition) is 2. The van der Waals surface area contributed by atoms with Crippen molar-refractivity contribution in [2.75, 3.05) is 5.32 Å². The molecule has 0 aromatic heterocycles. The average Bonchev–Trinajstić information content (AvgIpc) is 2.41. The molecule has 0 unspecified atom stereocenters. The summed E-state index contributed by atoms with van der Waals surface area (Å²) in [7, 11) is 0. The van der Waals surface area contributed by atoms with E-state index in [1.807, 2.05) is 0 Å². The number of carbonyl (C=O) groups is 1. The molecular weight excluding hydrogens is 279 g/mol. The molecule has 2 aromatic rings. The summed E-state index contributed by atoms with van der Waals surface area (Å²) in [5.41, 5.74) is 7.73. The molecule has 2 aromatic carbocycles. The van der Waals surface area contributed by atoms with Crippen LogP contribution >= 0.6 is 11.6 Å². The SMILES string of the molecule is Cc1cc(CNc2cc(C(N)=O)ccc2Cl)ccc1F. The fraction of sp³-hybridized carbons (Fsp3) is 0.133. The first-order chi connectivity index (χ1) is 9.47. The van der Waals surface area contributed by atoms with Gasteiger partial charge in [0.15, 0.2) is 0 Å². The van der Waals surface area contributed by atoms with E-state index in [-0.39, 0.29) is 5.82 Å². The maximum absolute atomic E-state index is 13.2. The topological polar surface area (TPSA) is 55.1 Å². The highest BCUT2D eigenvalue weighted by Gasteiger charge is 2.06. The number of nitrogens with one attached hydrogen (secondary N) is 1. The quantitative estimate of drug-likeness (QED) is 0.906. The molecule has 5 heteroatoms. The molecule has 0 heterocycles. The van der Waals surface area contributed by atoms with Crippen LogP contribution in [0.25, 0.3) is 0 Å². The van der Waals surface area contributed by atoms with Gasteiger partial charge in [-0.15, -0.1) is 0 Å². The predicted octanol–water partition coefficient (Wildman–Crippen LogP) is 3.50. The Balaban J connectivity index is 2.15. The lowest BCUT2D eigenvalue weighted by Crippen LogP contribution is -2.11. The Morgan fingerprint density at radius 1 is 1.30 bits per heavy atom. The smallest absolute Gasteiger partial charge is 0.248 e. The van der Waals surface area contributed by atoms with Gasteiger partial charge in [0, 0.05) is 12.1 Å². The number of aryl methyl sites for hydroxylation is 1. The first-order valence-electron chi connectivity index (χ1n) is 6.05. The van der Waals surface area contributed by atoms with Crippen LogP contribution in [-0.4, -0.2) is 5.91 Å². The number of rotatable bonds is 4. The molecule has 0 saturated carbocycles. The van der Waals surface area contributed by atoms with Crippen LogP contribution in [0.5, 0.6) is 0 Å². The minimum atomic E-state index is -0.512. The van der Waals surface area contributed by atoms with Gasteiger partial charge in [-0.3, -0.25) is 4.79 Å². The Bertz CT molecular complexity index is 658. The Hall–Kier alpha value is -2.07. The molecule has 1 amide bonds. The van der Waals surface area contributed by atoms with Gasteiger partial charge in [-0.2, -0.15) is 0 Å². The fourth-order valence-corrected chi connectivity index (χ4v) is 2.01. The number of hydrogen-bond donors (Lipinski definition) is 2. The van der Waals surface area contributed by atoms with Crippen LogP contribution in [0.4, 0.5) is 10.1 Å². The molecule has 104 valence electrons. The summed E-state index contributed by atoms with van der Waals surface area (Å²) in [6, 6.07) is 9.65. The van der Waals surface area contributed by atoms with Crippen molar-refractivity contribution in [3.8, 4) is 0 Å². The second-order valence-corrected chi connectivity index (χ2v) is 4.90. The van der Waals surface area contributed by atoms with Gasteiger partial charge in [-0.1, -0.05) is 23.7 Å². The average molecular weight is 293 g/mol. The van der Waals surface area contributed by atoms with E-state index in [4.69, 9.17) is 17.3 Å². The van der Waals surface area contributed by atoms with Crippen molar-refractivity contribution in [3.05, 3.63) is 63.9 Å². The summed E-state index contributed by atoms with van der Waals surface area (Å²) < 4.78 is 13.2. The van der Waals surface area contributed by atoms with Crippen molar-refractivity contribution in [1.29, 1.82) is 0 Å². The highest BCUT2D eigenvalue weighted by Crippen LogP contribution is 2.23. The summed E-state index contributed by atoms with van der Waals surface area (Å²) >= 11 is 6.05. The van der Waals surface area contributed by atoms with E-state index in [1.165, 1.54) is 6.07 Å². The van der Waals surface area contributed by atoms with Gasteiger partial charge < -0.3 is 11.1 Å². The lowest BCUT2D eigenvalue weighted by molar-refractivity contribution is 0.100. The maximum Gasteiger partial charge on any atom is 0.248 e. The van der Waals surface area contributed by atoms with E-state index in [2.05, 4.69) is 5.32 Å². The summed E-state index contributed by atoms with van der Waals surface area (Å²) in [6.45, 7) is 2.18. The number of amides is 1. The monoisotopic (exact) mass is 292 g/mol. The Labute approximate surface area is 121 Å². The molecule has 0 bridgehead atoms. The number of anilines is 1. The molecular formula is C15H14ClFN2O. The van der Waals surface area contributed by atoms with Gasteiger partial charge >= 0.3 is 0 Å². The summed E-state index contributed by atoms with van der Waals surface area (Å²) in [5, 5.41) is 3.60. The Kier molecular flexibility index (Phi) is 4.25. The molecule has 0 aliphatic carbocycles. The molecule has 0 atom stereocenters. The van der Waals surface area contributed by atoms with Gasteiger partial charge in [0.25, 0.3) is 0 Å². The van der Waals surface area contributed by atoms with E-state index in [0.717, 1.165) is 5.56 Å². The molecule has 0 radical (unpaired) electrons. The second-order valence-electron chi connectivity index (χ2n) is 4.50. The van der Waals surface area contributed by atoms with Crippen molar-refractivity contribution >= 4 is 23.2 Å². The largest absolute Gasteiger partial charge is 0.380 e. The Morgan fingerprint density at radius 3 is 2.70 bits per heavy atom. The zero-order valence-electron chi connectivity index (χ0n) is 10.9. The van der Waals surface area contributed by atoms with Crippen LogP contribution in [-0.2, 0) is 6.54 Å². The molecule has 0 fully saturated rings. The summed E-state index contributed by atoms with van der Waals surface area (Å²) in [4.78, 5) is 11.1. The molecule has 0 aliphatic heterocycles. The number of benzene rings is 2. The second kappa shape index (κ2) is 5.92.